The van der Waals surface area contributed by atoms with Gasteiger partial charge in [-0.1, -0.05) is 68.9 Å². The molecule has 4 atom stereocenters. The van der Waals surface area contributed by atoms with Crippen molar-refractivity contribution in [1.82, 2.24) is 10.6 Å². The summed E-state index contributed by atoms with van der Waals surface area (Å²) >= 11 is 0. The topological polar surface area (TPSA) is 70.6 Å². The average molecular weight is 473 g/mol. The van der Waals surface area contributed by atoms with Gasteiger partial charge in [0.05, 0.1) is 5.60 Å². The summed E-state index contributed by atoms with van der Waals surface area (Å²) in [4.78, 5) is 13.4. The van der Waals surface area contributed by atoms with Crippen molar-refractivity contribution in [3.63, 3.8) is 0 Å². The number of hydrogen-bond acceptors (Lipinski definition) is 4. The van der Waals surface area contributed by atoms with Gasteiger partial charge in [0.2, 0.25) is 5.91 Å². The van der Waals surface area contributed by atoms with E-state index >= 15 is 0 Å². The average Bonchev–Trinajstić information content (AvgIpc) is 2.88. The van der Waals surface area contributed by atoms with Gasteiger partial charge in [-0.25, -0.2) is 0 Å². The lowest BCUT2D eigenvalue weighted by molar-refractivity contribution is -0.129. The van der Waals surface area contributed by atoms with Gasteiger partial charge in [-0.3, -0.25) is 4.79 Å². The number of unbranched alkanes of at least 4 members (excludes halogenated alkanes) is 1. The van der Waals surface area contributed by atoms with E-state index in [-0.39, 0.29) is 23.8 Å². The number of methoxy groups -OCH3 is 1. The molecule has 1 aromatic carbocycles. The number of hydrogen-bond donors (Lipinski definition) is 3. The molecule has 0 heterocycles. The van der Waals surface area contributed by atoms with Crippen LogP contribution in [0.5, 0.6) is 0 Å². The molecule has 5 nitrogen and oxygen atoms in total. The smallest absolute Gasteiger partial charge is 0.223 e. The Morgan fingerprint density at radius 3 is 2.56 bits per heavy atom. The van der Waals surface area contributed by atoms with Gasteiger partial charge in [0.25, 0.3) is 0 Å². The molecule has 0 radical (unpaired) electrons. The number of nitrogens with one attached hydrogen (secondary N) is 2. The Hall–Kier alpha value is -1.43. The Morgan fingerprint density at radius 2 is 1.85 bits per heavy atom. The minimum atomic E-state index is -0.888. The number of carbonyl (C=O) groups is 1. The summed E-state index contributed by atoms with van der Waals surface area (Å²) in [6.45, 7) is 1.54. The van der Waals surface area contributed by atoms with Gasteiger partial charge in [-0.2, -0.15) is 0 Å². The molecule has 5 heteroatoms. The Morgan fingerprint density at radius 1 is 1.09 bits per heavy atom. The first-order valence-corrected chi connectivity index (χ1v) is 13.8. The maximum absolute atomic E-state index is 13.4. The van der Waals surface area contributed by atoms with Gasteiger partial charge in [-0.05, 0) is 69.4 Å². The first-order chi connectivity index (χ1) is 16.6. The highest BCUT2D eigenvalue weighted by Gasteiger charge is 2.42. The third-order valence-corrected chi connectivity index (χ3v) is 8.29. The summed E-state index contributed by atoms with van der Waals surface area (Å²) in [7, 11) is 3.70. The highest BCUT2D eigenvalue weighted by Crippen LogP contribution is 2.44. The minimum absolute atomic E-state index is 0.0151. The van der Waals surface area contributed by atoms with Gasteiger partial charge in [-0.15, -0.1) is 0 Å². The van der Waals surface area contributed by atoms with E-state index in [0.717, 1.165) is 63.0 Å². The van der Waals surface area contributed by atoms with Crippen molar-refractivity contribution in [3.05, 3.63) is 35.9 Å². The lowest BCUT2D eigenvalue weighted by Gasteiger charge is -2.41. The number of ether oxygens (including phenoxy) is 1. The molecular weight excluding hydrogens is 424 g/mol. The van der Waals surface area contributed by atoms with E-state index in [9.17, 15) is 9.90 Å². The van der Waals surface area contributed by atoms with Crippen LogP contribution in [0.4, 0.5) is 0 Å². The second kappa shape index (κ2) is 14.2. The molecule has 0 aromatic heterocycles. The van der Waals surface area contributed by atoms with Gasteiger partial charge in [0.1, 0.15) is 0 Å². The monoisotopic (exact) mass is 472 g/mol. The zero-order chi connectivity index (χ0) is 24.2. The molecule has 2 aliphatic carbocycles. The molecule has 2 aliphatic rings. The Kier molecular flexibility index (Phi) is 11.4. The highest BCUT2D eigenvalue weighted by atomic mass is 16.5. The summed E-state index contributed by atoms with van der Waals surface area (Å²) in [6.07, 6.45) is 13.9. The van der Waals surface area contributed by atoms with Crippen molar-refractivity contribution >= 4 is 5.91 Å². The number of likely N-dealkylation sites (N-methyl/N-ethyl adjacent to an activating group) is 1. The Balaban J connectivity index is 1.64. The molecule has 0 saturated heterocycles. The van der Waals surface area contributed by atoms with E-state index in [1.807, 2.05) is 37.4 Å². The SMILES string of the molecule is CNC[C@H](CC1CCCCC1)NC(=O)[C@H]1CCC[C@@H]([C@@](O)(CCCCOC)c2ccccc2)C1. The van der Waals surface area contributed by atoms with Crippen molar-refractivity contribution in [3.8, 4) is 0 Å². The quantitative estimate of drug-likeness (QED) is 0.346. The summed E-state index contributed by atoms with van der Waals surface area (Å²) in [5, 5.41) is 18.7. The molecule has 1 aromatic rings. The maximum atomic E-state index is 13.4. The van der Waals surface area contributed by atoms with Crippen LogP contribution in [0.2, 0.25) is 0 Å². The van der Waals surface area contributed by atoms with Crippen LogP contribution in [0.1, 0.15) is 89.0 Å². The molecule has 3 N–H and O–H groups in total. The fourth-order valence-electron chi connectivity index (χ4n) is 6.40. The molecule has 0 aliphatic heterocycles. The molecule has 0 unspecified atom stereocenters. The number of amides is 1. The minimum Gasteiger partial charge on any atom is -0.385 e. The molecule has 1 amide bonds. The molecule has 0 bridgehead atoms. The van der Waals surface area contributed by atoms with Crippen LogP contribution in [0.15, 0.2) is 30.3 Å². The van der Waals surface area contributed by atoms with Crippen molar-refractivity contribution in [1.29, 1.82) is 0 Å². The molecule has 3 rings (SSSR count). The van der Waals surface area contributed by atoms with E-state index in [1.54, 1.807) is 7.11 Å². The number of carbonyl (C=O) groups excluding carboxylic acids is 1. The zero-order valence-electron chi connectivity index (χ0n) is 21.6. The fraction of sp³-hybridized carbons (Fsp3) is 0.759. The zero-order valence-corrected chi connectivity index (χ0v) is 21.6. The molecule has 192 valence electrons. The van der Waals surface area contributed by atoms with E-state index in [0.29, 0.717) is 13.0 Å². The van der Waals surface area contributed by atoms with Crippen molar-refractivity contribution < 1.29 is 14.6 Å². The molecular formula is C29H48N2O3. The van der Waals surface area contributed by atoms with Crippen molar-refractivity contribution in [2.45, 2.75) is 95.1 Å². The molecule has 0 spiro atoms. The standard InChI is InChI=1S/C29H48N2O3/c1-30-22-27(20-23-12-5-3-6-13-23)31-28(32)24-14-11-17-26(21-24)29(33,18-9-10-19-34-2)25-15-7-4-8-16-25/h4,7-8,15-16,23-24,26-27,30,33H,3,5-6,9-14,17-22H2,1-2H3,(H,31,32)/t24-,26+,27-,29+/m0/s1. The lowest BCUT2D eigenvalue weighted by atomic mass is 9.68. The summed E-state index contributed by atoms with van der Waals surface area (Å²) in [6, 6.07) is 10.3. The summed E-state index contributed by atoms with van der Waals surface area (Å²) in [5.74, 6) is 1.01. The third-order valence-electron chi connectivity index (χ3n) is 8.29. The second-order valence-corrected chi connectivity index (χ2v) is 10.8. The van der Waals surface area contributed by atoms with E-state index in [4.69, 9.17) is 4.74 Å². The fourth-order valence-corrected chi connectivity index (χ4v) is 6.40. The van der Waals surface area contributed by atoms with Crippen molar-refractivity contribution in [2.24, 2.45) is 17.8 Å². The maximum Gasteiger partial charge on any atom is 0.223 e. The largest absolute Gasteiger partial charge is 0.385 e. The molecule has 34 heavy (non-hydrogen) atoms. The second-order valence-electron chi connectivity index (χ2n) is 10.8. The molecule has 2 saturated carbocycles. The van der Waals surface area contributed by atoms with Crippen LogP contribution in [0, 0.1) is 17.8 Å². The van der Waals surface area contributed by atoms with Gasteiger partial charge in [0.15, 0.2) is 0 Å². The van der Waals surface area contributed by atoms with Crippen molar-refractivity contribution in [2.75, 3.05) is 27.3 Å². The Bertz CT molecular complexity index is 707. The summed E-state index contributed by atoms with van der Waals surface area (Å²) < 4.78 is 5.23. The third kappa shape index (κ3) is 7.79. The highest BCUT2D eigenvalue weighted by molar-refractivity contribution is 5.79. The van der Waals surface area contributed by atoms with Crippen LogP contribution in [-0.4, -0.2) is 44.4 Å². The van der Waals surface area contributed by atoms with E-state index in [1.165, 1.54) is 32.1 Å². The Labute approximate surface area is 207 Å². The summed E-state index contributed by atoms with van der Waals surface area (Å²) in [5.41, 5.74) is 0.101. The van der Waals surface area contributed by atoms with Gasteiger partial charge >= 0.3 is 0 Å². The predicted molar refractivity (Wildman–Crippen MR) is 139 cm³/mol. The first-order valence-electron chi connectivity index (χ1n) is 13.8. The van der Waals surface area contributed by atoms with Crippen LogP contribution >= 0.6 is 0 Å². The van der Waals surface area contributed by atoms with Crippen LogP contribution in [0.3, 0.4) is 0 Å². The van der Waals surface area contributed by atoms with E-state index < -0.39 is 5.60 Å². The number of aliphatic hydroxyl groups is 1. The van der Waals surface area contributed by atoms with Gasteiger partial charge < -0.3 is 20.5 Å². The van der Waals surface area contributed by atoms with Crippen LogP contribution in [-0.2, 0) is 15.1 Å². The van der Waals surface area contributed by atoms with Gasteiger partial charge in [0, 0.05) is 32.2 Å². The van der Waals surface area contributed by atoms with E-state index in [2.05, 4.69) is 10.6 Å². The first kappa shape index (κ1) is 27.2. The predicted octanol–water partition coefficient (Wildman–Crippen LogP) is 5.17. The molecule has 2 fully saturated rings. The van der Waals surface area contributed by atoms with Crippen LogP contribution < -0.4 is 10.6 Å². The lowest BCUT2D eigenvalue weighted by Crippen LogP contribution is -2.47. The normalized spacial score (nSPS) is 24.3. The van der Waals surface area contributed by atoms with Crippen LogP contribution in [0.25, 0.3) is 0 Å². The number of rotatable bonds is 13. The number of benzene rings is 1.